The number of thioether (sulfide) groups is 1. The molecule has 0 aliphatic heterocycles. The lowest BCUT2D eigenvalue weighted by Gasteiger charge is -2.13. The van der Waals surface area contributed by atoms with Gasteiger partial charge in [0, 0.05) is 21.3 Å². The third kappa shape index (κ3) is 4.16. The third-order valence-electron chi connectivity index (χ3n) is 3.03. The predicted molar refractivity (Wildman–Crippen MR) is 91.0 cm³/mol. The standard InChI is InChI=1S/C16H17ClN2OS/c1-10-7-8-12(9-13(10)17)19-16(20)11(2)21-15-6-4-3-5-14(15)18/h3-9,11H,18H2,1-2H3,(H,19,20). The first-order valence-electron chi connectivity index (χ1n) is 6.55. The zero-order valence-corrected chi connectivity index (χ0v) is 13.5. The molecule has 0 fully saturated rings. The Labute approximate surface area is 133 Å². The minimum atomic E-state index is -0.255. The number of para-hydroxylation sites is 1. The van der Waals surface area contributed by atoms with Gasteiger partial charge in [-0.1, -0.05) is 29.8 Å². The summed E-state index contributed by atoms with van der Waals surface area (Å²) in [6.45, 7) is 3.77. The molecule has 0 aliphatic rings. The van der Waals surface area contributed by atoms with Crippen LogP contribution in [0, 0.1) is 6.92 Å². The molecule has 2 rings (SSSR count). The van der Waals surface area contributed by atoms with Gasteiger partial charge < -0.3 is 11.1 Å². The summed E-state index contributed by atoms with van der Waals surface area (Å²) in [6.07, 6.45) is 0. The fourth-order valence-corrected chi connectivity index (χ4v) is 2.83. The van der Waals surface area contributed by atoms with E-state index in [1.807, 2.05) is 50.2 Å². The van der Waals surface area contributed by atoms with Crippen molar-refractivity contribution in [1.29, 1.82) is 0 Å². The van der Waals surface area contributed by atoms with E-state index in [9.17, 15) is 4.79 Å². The molecule has 1 atom stereocenters. The number of hydrogen-bond acceptors (Lipinski definition) is 3. The highest BCUT2D eigenvalue weighted by Gasteiger charge is 2.16. The van der Waals surface area contributed by atoms with Crippen LogP contribution in [0.5, 0.6) is 0 Å². The van der Waals surface area contributed by atoms with E-state index in [4.69, 9.17) is 17.3 Å². The number of nitrogen functional groups attached to an aromatic ring is 1. The number of benzene rings is 2. The highest BCUT2D eigenvalue weighted by atomic mass is 35.5. The van der Waals surface area contributed by atoms with Crippen LogP contribution in [0.15, 0.2) is 47.4 Å². The molecule has 0 heterocycles. The summed E-state index contributed by atoms with van der Waals surface area (Å²) in [6, 6.07) is 13.0. The summed E-state index contributed by atoms with van der Waals surface area (Å²) >= 11 is 7.49. The van der Waals surface area contributed by atoms with Crippen LogP contribution in [0.4, 0.5) is 11.4 Å². The van der Waals surface area contributed by atoms with Crippen molar-refractivity contribution in [3.8, 4) is 0 Å². The van der Waals surface area contributed by atoms with Gasteiger partial charge in [0.1, 0.15) is 0 Å². The zero-order valence-electron chi connectivity index (χ0n) is 11.9. The van der Waals surface area contributed by atoms with Crippen molar-refractivity contribution in [2.24, 2.45) is 0 Å². The number of anilines is 2. The summed E-state index contributed by atoms with van der Waals surface area (Å²) in [5.41, 5.74) is 8.25. The van der Waals surface area contributed by atoms with E-state index in [1.54, 1.807) is 6.07 Å². The summed E-state index contributed by atoms with van der Waals surface area (Å²) < 4.78 is 0. The van der Waals surface area contributed by atoms with E-state index >= 15 is 0 Å². The van der Waals surface area contributed by atoms with Gasteiger partial charge in [-0.3, -0.25) is 4.79 Å². The third-order valence-corrected chi connectivity index (χ3v) is 4.63. The maximum atomic E-state index is 12.2. The Balaban J connectivity index is 2.02. The number of carbonyl (C=O) groups is 1. The van der Waals surface area contributed by atoms with Gasteiger partial charge in [0.25, 0.3) is 0 Å². The summed E-state index contributed by atoms with van der Waals surface area (Å²) in [5, 5.41) is 3.25. The minimum absolute atomic E-state index is 0.0804. The Kier molecular flexibility index (Phi) is 5.15. The molecule has 3 N–H and O–H groups in total. The molecule has 0 saturated carbocycles. The van der Waals surface area contributed by atoms with Crippen molar-refractivity contribution >= 4 is 40.6 Å². The molecule has 1 amide bonds. The first-order chi connectivity index (χ1) is 9.97. The highest BCUT2D eigenvalue weighted by Crippen LogP contribution is 2.29. The van der Waals surface area contributed by atoms with Crippen molar-refractivity contribution in [3.63, 3.8) is 0 Å². The van der Waals surface area contributed by atoms with Crippen molar-refractivity contribution in [3.05, 3.63) is 53.1 Å². The van der Waals surface area contributed by atoms with Gasteiger partial charge in [-0.2, -0.15) is 0 Å². The van der Waals surface area contributed by atoms with Crippen molar-refractivity contribution < 1.29 is 4.79 Å². The van der Waals surface area contributed by atoms with Crippen LogP contribution >= 0.6 is 23.4 Å². The van der Waals surface area contributed by atoms with Crippen molar-refractivity contribution in [2.75, 3.05) is 11.1 Å². The van der Waals surface area contributed by atoms with E-state index in [2.05, 4.69) is 5.32 Å². The van der Waals surface area contributed by atoms with Crippen LogP contribution in [0.1, 0.15) is 12.5 Å². The van der Waals surface area contributed by atoms with Gasteiger partial charge >= 0.3 is 0 Å². The molecule has 0 spiro atoms. The predicted octanol–water partition coefficient (Wildman–Crippen LogP) is 4.35. The van der Waals surface area contributed by atoms with E-state index < -0.39 is 0 Å². The maximum absolute atomic E-state index is 12.2. The lowest BCUT2D eigenvalue weighted by Crippen LogP contribution is -2.22. The lowest BCUT2D eigenvalue weighted by atomic mass is 10.2. The smallest absolute Gasteiger partial charge is 0.237 e. The molecule has 2 aromatic rings. The van der Waals surface area contributed by atoms with E-state index in [0.29, 0.717) is 16.4 Å². The molecule has 2 aromatic carbocycles. The van der Waals surface area contributed by atoms with Crippen molar-refractivity contribution in [2.45, 2.75) is 24.0 Å². The molecule has 110 valence electrons. The maximum Gasteiger partial charge on any atom is 0.237 e. The monoisotopic (exact) mass is 320 g/mol. The average Bonchev–Trinajstić information content (AvgIpc) is 2.45. The fourth-order valence-electron chi connectivity index (χ4n) is 1.75. The molecule has 21 heavy (non-hydrogen) atoms. The lowest BCUT2D eigenvalue weighted by molar-refractivity contribution is -0.115. The van der Waals surface area contributed by atoms with Gasteiger partial charge in [-0.15, -0.1) is 11.8 Å². The number of rotatable bonds is 4. The second-order valence-corrected chi connectivity index (χ2v) is 6.54. The summed E-state index contributed by atoms with van der Waals surface area (Å²) in [5.74, 6) is -0.0804. The van der Waals surface area contributed by atoms with Crippen LogP contribution in [0.25, 0.3) is 0 Å². The SMILES string of the molecule is Cc1ccc(NC(=O)C(C)Sc2ccccc2N)cc1Cl. The number of nitrogens with two attached hydrogens (primary N) is 1. The molecule has 5 heteroatoms. The van der Waals surface area contributed by atoms with Gasteiger partial charge in [-0.05, 0) is 43.7 Å². The summed E-state index contributed by atoms with van der Waals surface area (Å²) in [7, 11) is 0. The molecular formula is C16H17ClN2OS. The molecule has 0 aliphatic carbocycles. The van der Waals surface area contributed by atoms with Crippen molar-refractivity contribution in [1.82, 2.24) is 0 Å². The number of hydrogen-bond donors (Lipinski definition) is 2. The normalized spacial score (nSPS) is 12.0. The molecule has 3 nitrogen and oxygen atoms in total. The molecular weight excluding hydrogens is 304 g/mol. The molecule has 0 bridgehead atoms. The molecule has 1 unspecified atom stereocenters. The summed E-state index contributed by atoms with van der Waals surface area (Å²) in [4.78, 5) is 13.1. The first kappa shape index (κ1) is 15.7. The van der Waals surface area contributed by atoms with E-state index in [1.165, 1.54) is 11.8 Å². The first-order valence-corrected chi connectivity index (χ1v) is 7.81. The Bertz CT molecular complexity index is 660. The topological polar surface area (TPSA) is 55.1 Å². The Morgan fingerprint density at radius 1 is 1.29 bits per heavy atom. The van der Waals surface area contributed by atoms with E-state index in [-0.39, 0.29) is 11.2 Å². The van der Waals surface area contributed by atoms with Gasteiger partial charge in [0.2, 0.25) is 5.91 Å². The number of nitrogens with one attached hydrogen (secondary N) is 1. The van der Waals surface area contributed by atoms with Crippen LogP contribution in [0.3, 0.4) is 0 Å². The average molecular weight is 321 g/mol. The van der Waals surface area contributed by atoms with E-state index in [0.717, 1.165) is 10.5 Å². The van der Waals surface area contributed by atoms with Crippen LogP contribution in [-0.2, 0) is 4.79 Å². The van der Waals surface area contributed by atoms with Crippen LogP contribution in [0.2, 0.25) is 5.02 Å². The quantitative estimate of drug-likeness (QED) is 0.650. The van der Waals surface area contributed by atoms with Gasteiger partial charge in [-0.25, -0.2) is 0 Å². The number of carbonyl (C=O) groups excluding carboxylic acids is 1. The highest BCUT2D eigenvalue weighted by molar-refractivity contribution is 8.00. The van der Waals surface area contributed by atoms with Crippen LogP contribution < -0.4 is 11.1 Å². The molecule has 0 saturated heterocycles. The number of aryl methyl sites for hydroxylation is 1. The molecule has 0 aromatic heterocycles. The number of amides is 1. The number of halogens is 1. The van der Waals surface area contributed by atoms with Gasteiger partial charge in [0.05, 0.1) is 5.25 Å². The Hall–Kier alpha value is -1.65. The zero-order chi connectivity index (χ0) is 15.4. The van der Waals surface area contributed by atoms with Gasteiger partial charge in [0.15, 0.2) is 0 Å². The molecule has 0 radical (unpaired) electrons. The fraction of sp³-hybridized carbons (Fsp3) is 0.188. The largest absolute Gasteiger partial charge is 0.398 e. The minimum Gasteiger partial charge on any atom is -0.398 e. The van der Waals surface area contributed by atoms with Crippen LogP contribution in [-0.4, -0.2) is 11.2 Å². The second kappa shape index (κ2) is 6.87. The Morgan fingerprint density at radius 2 is 2.00 bits per heavy atom. The second-order valence-electron chi connectivity index (χ2n) is 4.75. The Morgan fingerprint density at radius 3 is 2.67 bits per heavy atom.